The van der Waals surface area contributed by atoms with Crippen LogP contribution >= 0.6 is 0 Å². The van der Waals surface area contributed by atoms with Crippen molar-refractivity contribution in [3.05, 3.63) is 35.9 Å². The molecule has 3 nitrogen and oxygen atoms in total. The van der Waals surface area contributed by atoms with Crippen molar-refractivity contribution in [3.8, 4) is 0 Å². The zero-order valence-corrected chi connectivity index (χ0v) is 9.76. The van der Waals surface area contributed by atoms with Crippen LogP contribution < -0.4 is 5.73 Å². The zero-order chi connectivity index (χ0) is 11.6. The van der Waals surface area contributed by atoms with Crippen LogP contribution in [0.4, 0.5) is 0 Å². The van der Waals surface area contributed by atoms with Gasteiger partial charge in [0, 0.05) is 19.6 Å². The molecule has 88 valence electrons. The first-order valence-corrected chi connectivity index (χ1v) is 5.84. The van der Waals surface area contributed by atoms with Gasteiger partial charge in [0.05, 0.1) is 11.6 Å². The van der Waals surface area contributed by atoms with E-state index in [-0.39, 0.29) is 6.04 Å². The van der Waals surface area contributed by atoms with Crippen molar-refractivity contribution in [2.45, 2.75) is 31.5 Å². The smallest absolute Gasteiger partial charge is 0.0798 e. The van der Waals surface area contributed by atoms with Crippen molar-refractivity contribution in [3.63, 3.8) is 0 Å². The summed E-state index contributed by atoms with van der Waals surface area (Å²) in [6, 6.07) is 10.4. The molecule has 1 aromatic carbocycles. The van der Waals surface area contributed by atoms with E-state index in [2.05, 4.69) is 17.0 Å². The van der Waals surface area contributed by atoms with E-state index in [9.17, 15) is 5.11 Å². The summed E-state index contributed by atoms with van der Waals surface area (Å²) in [7, 11) is 0. The van der Waals surface area contributed by atoms with Crippen LogP contribution in [0.1, 0.15) is 18.9 Å². The maximum absolute atomic E-state index is 10.2. The Kier molecular flexibility index (Phi) is 3.28. The number of nitrogens with two attached hydrogens (primary N) is 1. The van der Waals surface area contributed by atoms with Crippen molar-refractivity contribution >= 4 is 0 Å². The fourth-order valence-electron chi connectivity index (χ4n) is 2.50. The minimum absolute atomic E-state index is 0.0766. The van der Waals surface area contributed by atoms with Crippen molar-refractivity contribution < 1.29 is 5.11 Å². The monoisotopic (exact) mass is 220 g/mol. The first kappa shape index (κ1) is 11.6. The number of rotatable bonds is 3. The highest BCUT2D eigenvalue weighted by Crippen LogP contribution is 2.28. The van der Waals surface area contributed by atoms with E-state index in [1.165, 1.54) is 5.56 Å². The van der Waals surface area contributed by atoms with Crippen LogP contribution in [0.5, 0.6) is 0 Å². The molecule has 1 aliphatic heterocycles. The molecule has 3 heteroatoms. The first-order valence-electron chi connectivity index (χ1n) is 5.84. The second-order valence-electron chi connectivity index (χ2n) is 4.81. The van der Waals surface area contributed by atoms with Gasteiger partial charge in [-0.05, 0) is 18.9 Å². The standard InChI is InChI=1S/C13H20N2O/c1-13(16)7-8-15(12(13)9-14)10-11-5-3-2-4-6-11/h2-6,12,16H,7-10,14H2,1H3. The predicted molar refractivity (Wildman–Crippen MR) is 64.9 cm³/mol. The van der Waals surface area contributed by atoms with Gasteiger partial charge in [-0.15, -0.1) is 0 Å². The van der Waals surface area contributed by atoms with Gasteiger partial charge in [-0.25, -0.2) is 0 Å². The molecule has 1 fully saturated rings. The quantitative estimate of drug-likeness (QED) is 0.798. The van der Waals surface area contributed by atoms with Gasteiger partial charge in [0.25, 0.3) is 0 Å². The van der Waals surface area contributed by atoms with Crippen molar-refractivity contribution in [1.29, 1.82) is 0 Å². The summed E-state index contributed by atoms with van der Waals surface area (Å²) in [5.74, 6) is 0. The molecule has 2 unspecified atom stereocenters. The molecule has 0 amide bonds. The fraction of sp³-hybridized carbons (Fsp3) is 0.538. The van der Waals surface area contributed by atoms with Gasteiger partial charge in [-0.1, -0.05) is 30.3 Å². The number of aliphatic hydroxyl groups is 1. The van der Waals surface area contributed by atoms with Gasteiger partial charge in [-0.3, -0.25) is 4.90 Å². The number of likely N-dealkylation sites (tertiary alicyclic amines) is 1. The number of hydrogen-bond donors (Lipinski definition) is 2. The molecular weight excluding hydrogens is 200 g/mol. The number of nitrogens with zero attached hydrogens (tertiary/aromatic N) is 1. The summed E-state index contributed by atoms with van der Waals surface area (Å²) in [5, 5.41) is 10.2. The Morgan fingerprint density at radius 3 is 2.75 bits per heavy atom. The largest absolute Gasteiger partial charge is 0.388 e. The molecule has 3 N–H and O–H groups in total. The summed E-state index contributed by atoms with van der Waals surface area (Å²) < 4.78 is 0. The van der Waals surface area contributed by atoms with E-state index in [0.29, 0.717) is 6.54 Å². The summed E-state index contributed by atoms with van der Waals surface area (Å²) in [4.78, 5) is 2.27. The van der Waals surface area contributed by atoms with Crippen molar-refractivity contribution in [1.82, 2.24) is 4.90 Å². The normalized spacial score (nSPS) is 30.8. The van der Waals surface area contributed by atoms with Gasteiger partial charge >= 0.3 is 0 Å². The summed E-state index contributed by atoms with van der Waals surface area (Å²) in [6.07, 6.45) is 0.807. The number of benzene rings is 1. The minimum Gasteiger partial charge on any atom is -0.388 e. The van der Waals surface area contributed by atoms with Crippen LogP contribution in [0.3, 0.4) is 0 Å². The van der Waals surface area contributed by atoms with Crippen LogP contribution in [-0.2, 0) is 6.54 Å². The zero-order valence-electron chi connectivity index (χ0n) is 9.76. The van der Waals surface area contributed by atoms with Gasteiger partial charge in [0.1, 0.15) is 0 Å². The summed E-state index contributed by atoms with van der Waals surface area (Å²) in [5.41, 5.74) is 6.39. The molecule has 16 heavy (non-hydrogen) atoms. The summed E-state index contributed by atoms with van der Waals surface area (Å²) in [6.45, 7) is 4.19. The van der Waals surface area contributed by atoms with E-state index >= 15 is 0 Å². The molecule has 2 rings (SSSR count). The Labute approximate surface area is 96.9 Å². The fourth-order valence-corrected chi connectivity index (χ4v) is 2.50. The second-order valence-corrected chi connectivity index (χ2v) is 4.81. The van der Waals surface area contributed by atoms with E-state index in [4.69, 9.17) is 5.73 Å². The third kappa shape index (κ3) is 2.26. The molecule has 0 radical (unpaired) electrons. The molecule has 1 aromatic rings. The van der Waals surface area contributed by atoms with Gasteiger partial charge in [0.2, 0.25) is 0 Å². The highest BCUT2D eigenvalue weighted by atomic mass is 16.3. The molecule has 0 bridgehead atoms. The molecule has 1 heterocycles. The Morgan fingerprint density at radius 1 is 1.44 bits per heavy atom. The Morgan fingerprint density at radius 2 is 2.12 bits per heavy atom. The molecule has 1 aliphatic rings. The maximum atomic E-state index is 10.2. The lowest BCUT2D eigenvalue weighted by Crippen LogP contribution is -2.47. The lowest BCUT2D eigenvalue weighted by atomic mass is 9.97. The Hall–Kier alpha value is -0.900. The van der Waals surface area contributed by atoms with E-state index < -0.39 is 5.60 Å². The number of hydrogen-bond acceptors (Lipinski definition) is 3. The molecule has 0 aliphatic carbocycles. The highest BCUT2D eigenvalue weighted by molar-refractivity contribution is 5.15. The molecule has 0 spiro atoms. The third-order valence-corrected chi connectivity index (χ3v) is 3.52. The topological polar surface area (TPSA) is 49.5 Å². The van der Waals surface area contributed by atoms with Crippen LogP contribution in [-0.4, -0.2) is 34.7 Å². The molecule has 0 saturated carbocycles. The van der Waals surface area contributed by atoms with Crippen molar-refractivity contribution in [2.24, 2.45) is 5.73 Å². The van der Waals surface area contributed by atoms with Crippen LogP contribution in [0.2, 0.25) is 0 Å². The second kappa shape index (κ2) is 4.53. The van der Waals surface area contributed by atoms with Crippen LogP contribution in [0, 0.1) is 0 Å². The van der Waals surface area contributed by atoms with E-state index in [0.717, 1.165) is 19.5 Å². The average molecular weight is 220 g/mol. The first-order chi connectivity index (χ1) is 7.63. The summed E-state index contributed by atoms with van der Waals surface area (Å²) >= 11 is 0. The molecular formula is C13H20N2O. The SMILES string of the molecule is CC1(O)CCN(Cc2ccccc2)C1CN. The Balaban J connectivity index is 2.06. The van der Waals surface area contributed by atoms with Gasteiger partial charge in [0.15, 0.2) is 0 Å². The minimum atomic E-state index is -0.635. The molecule has 0 aromatic heterocycles. The lowest BCUT2D eigenvalue weighted by molar-refractivity contribution is 0.0224. The van der Waals surface area contributed by atoms with E-state index in [1.54, 1.807) is 0 Å². The third-order valence-electron chi connectivity index (χ3n) is 3.52. The van der Waals surface area contributed by atoms with Crippen LogP contribution in [0.25, 0.3) is 0 Å². The average Bonchev–Trinajstić information content (AvgIpc) is 2.55. The molecule has 2 atom stereocenters. The van der Waals surface area contributed by atoms with Crippen LogP contribution in [0.15, 0.2) is 30.3 Å². The van der Waals surface area contributed by atoms with E-state index in [1.807, 2.05) is 25.1 Å². The van der Waals surface area contributed by atoms with Gasteiger partial charge < -0.3 is 10.8 Å². The Bertz CT molecular complexity index is 337. The lowest BCUT2D eigenvalue weighted by Gasteiger charge is -2.30. The maximum Gasteiger partial charge on any atom is 0.0798 e. The van der Waals surface area contributed by atoms with Crippen molar-refractivity contribution in [2.75, 3.05) is 13.1 Å². The highest BCUT2D eigenvalue weighted by Gasteiger charge is 2.41. The molecule has 1 saturated heterocycles. The van der Waals surface area contributed by atoms with Gasteiger partial charge in [-0.2, -0.15) is 0 Å². The predicted octanol–water partition coefficient (Wildman–Crippen LogP) is 0.971.